The third-order valence-electron chi connectivity index (χ3n) is 0.517. The second-order valence-electron chi connectivity index (χ2n) is 1.47. The summed E-state index contributed by atoms with van der Waals surface area (Å²) in [5.74, 6) is -0.586. The summed E-state index contributed by atoms with van der Waals surface area (Å²) < 4.78 is 12.0. The van der Waals surface area contributed by atoms with Gasteiger partial charge in [0, 0.05) is 0 Å². The molecule has 0 amide bonds. The average molecular weight is 113 g/mol. The van der Waals surface area contributed by atoms with Gasteiger partial charge >= 0.3 is 0 Å². The Morgan fingerprint density at radius 3 is 2.38 bits per heavy atom. The molecule has 0 bridgehead atoms. The van der Waals surface area contributed by atoms with Gasteiger partial charge in [-0.1, -0.05) is 12.2 Å². The van der Waals surface area contributed by atoms with Gasteiger partial charge in [0.1, 0.15) is 0 Å². The summed E-state index contributed by atoms with van der Waals surface area (Å²) in [4.78, 5) is 3.01. The first-order valence-corrected chi connectivity index (χ1v) is 2.16. The van der Waals surface area contributed by atoms with Crippen LogP contribution >= 0.6 is 0 Å². The van der Waals surface area contributed by atoms with Crippen LogP contribution in [0.15, 0.2) is 29.2 Å². The van der Waals surface area contributed by atoms with Gasteiger partial charge in [0.2, 0.25) is 5.95 Å². The minimum absolute atomic E-state index is 0.586. The fourth-order valence-corrected chi connectivity index (χ4v) is 0.249. The summed E-state index contributed by atoms with van der Waals surface area (Å²) in [6.07, 6.45) is 1.22. The highest BCUT2D eigenvalue weighted by Gasteiger charge is 1.83. The fourth-order valence-electron chi connectivity index (χ4n) is 0.249. The van der Waals surface area contributed by atoms with Crippen LogP contribution < -0.4 is 0 Å². The van der Waals surface area contributed by atoms with E-state index in [1.807, 2.05) is 0 Å². The van der Waals surface area contributed by atoms with Gasteiger partial charge in [0.25, 0.3) is 0 Å². The average Bonchev–Trinajstić information content (AvgIpc) is 1.65. The van der Waals surface area contributed by atoms with Gasteiger partial charge in [-0.2, -0.15) is 4.39 Å². The van der Waals surface area contributed by atoms with Crippen LogP contribution in [-0.2, 0) is 0 Å². The van der Waals surface area contributed by atoms with Crippen molar-refractivity contribution in [3.05, 3.63) is 24.2 Å². The van der Waals surface area contributed by atoms with E-state index in [2.05, 4.69) is 18.3 Å². The topological polar surface area (TPSA) is 12.4 Å². The van der Waals surface area contributed by atoms with E-state index in [1.165, 1.54) is 6.08 Å². The van der Waals surface area contributed by atoms with Crippen molar-refractivity contribution in [2.75, 3.05) is 0 Å². The van der Waals surface area contributed by atoms with E-state index >= 15 is 0 Å². The maximum absolute atomic E-state index is 12.0. The quantitative estimate of drug-likeness (QED) is 0.295. The van der Waals surface area contributed by atoms with Crippen LogP contribution in [0, 0.1) is 0 Å². The molecule has 0 saturated carbocycles. The van der Waals surface area contributed by atoms with Crippen LogP contribution in [-0.4, -0.2) is 6.72 Å². The highest BCUT2D eigenvalue weighted by molar-refractivity contribution is 5.29. The Kier molecular flexibility index (Phi) is 2.77. The molecule has 0 heterocycles. The molecule has 0 aliphatic carbocycles. The number of nitrogens with zero attached hydrogens (tertiary/aromatic N) is 1. The molecule has 2 heteroatoms. The molecule has 0 aliphatic rings. The number of aliphatic imine (C=N–C) groups is 1. The van der Waals surface area contributed by atoms with E-state index in [9.17, 15) is 4.39 Å². The Morgan fingerprint density at radius 1 is 1.75 bits per heavy atom. The van der Waals surface area contributed by atoms with Gasteiger partial charge in [-0.25, -0.2) is 4.99 Å². The van der Waals surface area contributed by atoms with Crippen molar-refractivity contribution >= 4 is 6.72 Å². The zero-order chi connectivity index (χ0) is 6.57. The summed E-state index contributed by atoms with van der Waals surface area (Å²) in [5, 5.41) is 0. The molecule has 8 heavy (non-hydrogen) atoms. The highest BCUT2D eigenvalue weighted by atomic mass is 19.1. The predicted molar refractivity (Wildman–Crippen MR) is 33.6 cm³/mol. The maximum atomic E-state index is 12.0. The molecule has 0 aromatic rings. The predicted octanol–water partition coefficient (Wildman–Crippen LogP) is 2.07. The zero-order valence-electron chi connectivity index (χ0n) is 4.82. The third kappa shape index (κ3) is 3.28. The molecule has 0 fully saturated rings. The van der Waals surface area contributed by atoms with E-state index in [4.69, 9.17) is 0 Å². The number of allylic oxidation sites excluding steroid dienone is 2. The summed E-state index contributed by atoms with van der Waals surface area (Å²) in [6.45, 7) is 8.10. The molecule has 0 rings (SSSR count). The van der Waals surface area contributed by atoms with Crippen LogP contribution in [0.5, 0.6) is 0 Å². The van der Waals surface area contributed by atoms with E-state index in [0.29, 0.717) is 5.57 Å². The summed E-state index contributed by atoms with van der Waals surface area (Å²) in [7, 11) is 0. The highest BCUT2D eigenvalue weighted by Crippen LogP contribution is 2.00. The lowest BCUT2D eigenvalue weighted by Gasteiger charge is -1.83. The SMILES string of the molecule is C=N/C(F)=C\C(=C)C. The smallest absolute Gasteiger partial charge is 0.212 e. The van der Waals surface area contributed by atoms with Crippen molar-refractivity contribution in [1.82, 2.24) is 0 Å². The lowest BCUT2D eigenvalue weighted by molar-refractivity contribution is 0.629. The molecule has 0 atom stereocenters. The summed E-state index contributed by atoms with van der Waals surface area (Å²) >= 11 is 0. The van der Waals surface area contributed by atoms with Crippen molar-refractivity contribution in [2.24, 2.45) is 4.99 Å². The number of halogens is 1. The molecule has 0 radical (unpaired) electrons. The first-order valence-electron chi connectivity index (χ1n) is 2.16. The monoisotopic (exact) mass is 113 g/mol. The molecule has 0 N–H and O–H groups in total. The molecule has 0 aliphatic heterocycles. The second kappa shape index (κ2) is 3.13. The second-order valence-corrected chi connectivity index (χ2v) is 1.47. The van der Waals surface area contributed by atoms with Crippen LogP contribution in [0.1, 0.15) is 6.92 Å². The standard InChI is InChI=1S/C6H8FN/c1-5(2)4-6(7)8-3/h4H,1,3H2,2H3/b6-4-. The van der Waals surface area contributed by atoms with Gasteiger partial charge < -0.3 is 0 Å². The molecular weight excluding hydrogens is 105 g/mol. The van der Waals surface area contributed by atoms with Crippen LogP contribution in [0.2, 0.25) is 0 Å². The largest absolute Gasteiger partial charge is 0.236 e. The van der Waals surface area contributed by atoms with E-state index in [0.717, 1.165) is 0 Å². The van der Waals surface area contributed by atoms with E-state index in [-0.39, 0.29) is 0 Å². The van der Waals surface area contributed by atoms with E-state index in [1.54, 1.807) is 6.92 Å². The van der Waals surface area contributed by atoms with Gasteiger partial charge in [-0.3, -0.25) is 0 Å². The van der Waals surface area contributed by atoms with E-state index < -0.39 is 5.95 Å². The lowest BCUT2D eigenvalue weighted by atomic mass is 10.3. The van der Waals surface area contributed by atoms with Crippen molar-refractivity contribution in [3.63, 3.8) is 0 Å². The Bertz CT molecular complexity index is 135. The molecule has 1 nitrogen and oxygen atoms in total. The molecule has 0 spiro atoms. The Balaban J connectivity index is 3.94. The maximum Gasteiger partial charge on any atom is 0.212 e. The van der Waals surface area contributed by atoms with Gasteiger partial charge in [-0.05, 0) is 19.7 Å². The molecule has 44 valence electrons. The van der Waals surface area contributed by atoms with Gasteiger partial charge in [-0.15, -0.1) is 0 Å². The first-order chi connectivity index (χ1) is 3.66. The zero-order valence-corrected chi connectivity index (χ0v) is 4.82. The number of hydrogen-bond acceptors (Lipinski definition) is 1. The van der Waals surface area contributed by atoms with Gasteiger partial charge in [0.15, 0.2) is 0 Å². The summed E-state index contributed by atoms with van der Waals surface area (Å²) in [6, 6.07) is 0. The first kappa shape index (κ1) is 7.08. The molecule has 0 saturated heterocycles. The Hall–Kier alpha value is -0.920. The molecular formula is C6H8FN. The van der Waals surface area contributed by atoms with Crippen molar-refractivity contribution in [2.45, 2.75) is 6.92 Å². The number of hydrogen-bond donors (Lipinski definition) is 0. The molecule has 0 unspecified atom stereocenters. The van der Waals surface area contributed by atoms with Gasteiger partial charge in [0.05, 0.1) is 0 Å². The Labute approximate surface area is 48.2 Å². The number of rotatable bonds is 2. The van der Waals surface area contributed by atoms with Crippen molar-refractivity contribution in [1.29, 1.82) is 0 Å². The Morgan fingerprint density at radius 2 is 2.25 bits per heavy atom. The minimum Gasteiger partial charge on any atom is -0.236 e. The van der Waals surface area contributed by atoms with Crippen molar-refractivity contribution in [3.8, 4) is 0 Å². The normalized spacial score (nSPS) is 11.0. The van der Waals surface area contributed by atoms with Crippen LogP contribution in [0.3, 0.4) is 0 Å². The van der Waals surface area contributed by atoms with Crippen LogP contribution in [0.4, 0.5) is 4.39 Å². The lowest BCUT2D eigenvalue weighted by Crippen LogP contribution is -1.65. The fraction of sp³-hybridized carbons (Fsp3) is 0.167. The van der Waals surface area contributed by atoms with Crippen molar-refractivity contribution < 1.29 is 4.39 Å². The van der Waals surface area contributed by atoms with Crippen LogP contribution in [0.25, 0.3) is 0 Å². The summed E-state index contributed by atoms with van der Waals surface area (Å²) in [5.41, 5.74) is 0.634. The third-order valence-corrected chi connectivity index (χ3v) is 0.517. The molecule has 0 aromatic carbocycles. The molecule has 0 aromatic heterocycles. The minimum atomic E-state index is -0.586.